The minimum atomic E-state index is -1.78. The smallest absolute Gasteiger partial charge is 0.326 e. The molecule has 0 spiro atoms. The summed E-state index contributed by atoms with van der Waals surface area (Å²) >= 11 is 0. The Bertz CT molecular complexity index is 2020. The van der Waals surface area contributed by atoms with Crippen LogP contribution in [-0.2, 0) is 54.4 Å². The molecule has 0 aliphatic carbocycles. The number of carbonyl (C=O) groups is 10. The van der Waals surface area contributed by atoms with Crippen LogP contribution in [0.5, 0.6) is 5.75 Å². The molecule has 11 atom stereocenters. The third-order valence-electron chi connectivity index (χ3n) is 12.3. The van der Waals surface area contributed by atoms with Gasteiger partial charge in [0.1, 0.15) is 48.0 Å². The number of phenolic OH excluding ortho intramolecular Hbond substituents is 1. The highest BCUT2D eigenvalue weighted by atomic mass is 16.4. The number of hydrogen-bond donors (Lipinski definition) is 14. The molecule has 0 saturated heterocycles. The molecule has 74 heavy (non-hydrogen) atoms. The number of aromatic hydroxyl groups is 1. The molecule has 0 radical (unpaired) electrons. The molecule has 0 bridgehead atoms. The number of rotatable bonds is 35. The molecule has 24 nitrogen and oxygen atoms in total. The highest BCUT2D eigenvalue weighted by molar-refractivity contribution is 5.98. The molecule has 1 aromatic rings. The van der Waals surface area contributed by atoms with Gasteiger partial charge in [-0.3, -0.25) is 43.2 Å². The number of aliphatic carboxylic acids is 2. The monoisotopic (exact) mass is 1050 g/mol. The summed E-state index contributed by atoms with van der Waals surface area (Å²) < 4.78 is 0. The van der Waals surface area contributed by atoms with Crippen molar-refractivity contribution in [2.24, 2.45) is 35.1 Å². The van der Waals surface area contributed by atoms with Crippen LogP contribution < -0.4 is 54.0 Å². The van der Waals surface area contributed by atoms with E-state index in [0.29, 0.717) is 31.2 Å². The third-order valence-corrected chi connectivity index (χ3v) is 12.3. The Morgan fingerprint density at radius 2 is 1.01 bits per heavy atom. The predicted molar refractivity (Wildman–Crippen MR) is 273 cm³/mol. The maximum atomic E-state index is 13.9. The van der Waals surface area contributed by atoms with Gasteiger partial charge in [-0.1, -0.05) is 80.4 Å². The van der Waals surface area contributed by atoms with Crippen LogP contribution >= 0.6 is 0 Å². The summed E-state index contributed by atoms with van der Waals surface area (Å²) in [6.45, 7) is 14.7. The number of amides is 8. The molecule has 418 valence electrons. The Balaban J connectivity index is 3.25. The van der Waals surface area contributed by atoms with Gasteiger partial charge in [-0.05, 0) is 99.8 Å². The van der Waals surface area contributed by atoms with Crippen molar-refractivity contribution in [3.05, 3.63) is 29.8 Å². The summed E-state index contributed by atoms with van der Waals surface area (Å²) in [7, 11) is 0. The molecular weight excluding hydrogens is 965 g/mol. The van der Waals surface area contributed by atoms with Crippen molar-refractivity contribution in [2.45, 2.75) is 181 Å². The highest BCUT2D eigenvalue weighted by Crippen LogP contribution is 2.15. The number of benzene rings is 1. The first-order valence-corrected chi connectivity index (χ1v) is 25.4. The largest absolute Gasteiger partial charge is 0.508 e. The fraction of sp³-hybridized carbons (Fsp3) is 0.680. The first kappa shape index (κ1) is 65.6. The van der Waals surface area contributed by atoms with E-state index in [1.54, 1.807) is 53.7 Å². The summed E-state index contributed by atoms with van der Waals surface area (Å²) in [5.74, 6) is -10.6. The van der Waals surface area contributed by atoms with E-state index in [4.69, 9.17) is 11.5 Å². The van der Waals surface area contributed by atoms with Crippen LogP contribution in [0.15, 0.2) is 24.3 Å². The fourth-order valence-corrected chi connectivity index (χ4v) is 7.57. The molecule has 0 aliphatic heterocycles. The predicted octanol–water partition coefficient (Wildman–Crippen LogP) is -0.585. The van der Waals surface area contributed by atoms with E-state index in [9.17, 15) is 68.4 Å². The SMILES string of the molecule is CC[C@H](C)[C@H](NC(=O)[C@H](CC(C)C)NC(=O)[C@@H](N)Cc1ccc(O)cc1)C(=O)NCC(=O)N[C@@H](CCC(=O)O)C(=O)N[C@H](C(=O)N[C@H](C(=O)N[C@@H](CCCCN)C(=O)N[C@@H](CC(C)C)C(=O)O)[C@@H](C)CC)[C@@H](C)O. The molecule has 0 fully saturated rings. The van der Waals surface area contributed by atoms with E-state index < -0.39 is 145 Å². The standard InChI is InChI=1S/C50H84N10O14/c1-10-28(7)40(58-46(69)36(22-26(3)4)56-43(66)33(52)24-31-15-17-32(62)18-16-31)47(70)53-25-38(63)54-35(19-20-39(64)65)45(68)60-42(30(9)61)49(72)59-41(29(8)11-2)48(71)55-34(14-12-13-21-51)44(67)57-37(50(73)74)23-27(5)6/h15-18,26-30,33-37,40-42,61-62H,10-14,19-25,51-52H2,1-9H3,(H,53,70)(H,54,63)(H,55,71)(H,56,66)(H,57,67)(H,58,69)(H,59,72)(H,60,68)(H,64,65)(H,73,74)/t28-,29-,30+,33-,34-,35-,36-,37-,40-,41-,42-/m0/s1. The second-order valence-corrected chi connectivity index (χ2v) is 19.8. The van der Waals surface area contributed by atoms with E-state index in [1.807, 2.05) is 13.8 Å². The lowest BCUT2D eigenvalue weighted by Crippen LogP contribution is -2.62. The number of nitrogens with one attached hydrogen (secondary N) is 8. The Morgan fingerprint density at radius 1 is 0.554 bits per heavy atom. The first-order chi connectivity index (χ1) is 34.6. The molecule has 16 N–H and O–H groups in total. The molecule has 0 aliphatic rings. The Hall–Kier alpha value is -6.40. The molecule has 0 aromatic heterocycles. The van der Waals surface area contributed by atoms with Gasteiger partial charge >= 0.3 is 11.9 Å². The second-order valence-electron chi connectivity index (χ2n) is 19.8. The average Bonchev–Trinajstić information content (AvgIpc) is 3.33. The van der Waals surface area contributed by atoms with Gasteiger partial charge in [0.05, 0.1) is 18.7 Å². The minimum absolute atomic E-state index is 0.0386. The molecule has 1 aromatic carbocycles. The number of carbonyl (C=O) groups excluding carboxylic acids is 8. The van der Waals surface area contributed by atoms with E-state index in [2.05, 4.69) is 42.5 Å². The molecular formula is C50H84N10O14. The highest BCUT2D eigenvalue weighted by Gasteiger charge is 2.37. The molecule has 0 saturated carbocycles. The third kappa shape index (κ3) is 24.1. The van der Waals surface area contributed by atoms with E-state index in [1.165, 1.54) is 12.1 Å². The molecule has 1 rings (SSSR count). The maximum absolute atomic E-state index is 13.9. The molecule has 24 heteroatoms. The number of carboxylic acids is 2. The van der Waals surface area contributed by atoms with Gasteiger partial charge in [-0.25, -0.2) is 4.79 Å². The Labute approximate surface area is 433 Å². The zero-order chi connectivity index (χ0) is 56.4. The van der Waals surface area contributed by atoms with Crippen molar-refractivity contribution < 1.29 is 68.4 Å². The number of aliphatic hydroxyl groups is 1. The zero-order valence-corrected chi connectivity index (χ0v) is 44.3. The van der Waals surface area contributed by atoms with Gasteiger partial charge in [-0.2, -0.15) is 0 Å². The van der Waals surface area contributed by atoms with Crippen LogP contribution in [0.25, 0.3) is 0 Å². The second kappa shape index (κ2) is 33.4. The molecule has 0 unspecified atom stereocenters. The Kier molecular flexibility index (Phi) is 29.6. The average molecular weight is 1050 g/mol. The van der Waals surface area contributed by atoms with Crippen molar-refractivity contribution in [1.29, 1.82) is 0 Å². The summed E-state index contributed by atoms with van der Waals surface area (Å²) in [5.41, 5.74) is 12.5. The van der Waals surface area contributed by atoms with Gasteiger partial charge in [0, 0.05) is 6.42 Å². The summed E-state index contributed by atoms with van der Waals surface area (Å²) in [5, 5.41) is 59.6. The van der Waals surface area contributed by atoms with Crippen molar-refractivity contribution in [1.82, 2.24) is 42.5 Å². The number of hydrogen-bond acceptors (Lipinski definition) is 14. The fourth-order valence-electron chi connectivity index (χ4n) is 7.57. The van der Waals surface area contributed by atoms with Crippen LogP contribution in [0.3, 0.4) is 0 Å². The molecule has 8 amide bonds. The maximum Gasteiger partial charge on any atom is 0.326 e. The van der Waals surface area contributed by atoms with Crippen LogP contribution in [0.4, 0.5) is 0 Å². The topological polar surface area (TPSA) is 400 Å². The number of nitrogens with two attached hydrogens (primary N) is 2. The lowest BCUT2D eigenvalue weighted by Gasteiger charge is -2.30. The summed E-state index contributed by atoms with van der Waals surface area (Å²) in [6.07, 6.45) is -0.697. The van der Waals surface area contributed by atoms with Gasteiger partial charge in [0.15, 0.2) is 0 Å². The summed E-state index contributed by atoms with van der Waals surface area (Å²) in [6, 6.07) is -4.48. The zero-order valence-electron chi connectivity index (χ0n) is 44.3. The van der Waals surface area contributed by atoms with Crippen molar-refractivity contribution >= 4 is 59.2 Å². The van der Waals surface area contributed by atoms with Crippen LogP contribution in [-0.4, -0.2) is 147 Å². The first-order valence-electron chi connectivity index (χ1n) is 25.4. The van der Waals surface area contributed by atoms with Crippen molar-refractivity contribution in [3.8, 4) is 5.75 Å². The Morgan fingerprint density at radius 3 is 1.53 bits per heavy atom. The van der Waals surface area contributed by atoms with Gasteiger partial charge in [0.25, 0.3) is 0 Å². The van der Waals surface area contributed by atoms with Crippen LogP contribution in [0, 0.1) is 23.7 Å². The van der Waals surface area contributed by atoms with Crippen molar-refractivity contribution in [2.75, 3.05) is 13.1 Å². The number of carboxylic acid groups (broad SMARTS) is 2. The van der Waals surface area contributed by atoms with Gasteiger partial charge in [0.2, 0.25) is 47.3 Å². The van der Waals surface area contributed by atoms with Crippen LogP contribution in [0.1, 0.15) is 126 Å². The molecule has 0 heterocycles. The van der Waals surface area contributed by atoms with Gasteiger partial charge in [-0.15, -0.1) is 0 Å². The minimum Gasteiger partial charge on any atom is -0.508 e. The lowest BCUT2D eigenvalue weighted by atomic mass is 9.96. The van der Waals surface area contributed by atoms with Crippen LogP contribution in [0.2, 0.25) is 0 Å². The quantitative estimate of drug-likeness (QED) is 0.0378. The number of unbranched alkanes of at least 4 members (excludes halogenated alkanes) is 1. The number of aliphatic hydroxyl groups excluding tert-OH is 1. The van der Waals surface area contributed by atoms with E-state index >= 15 is 0 Å². The van der Waals surface area contributed by atoms with Gasteiger partial charge < -0.3 is 74.4 Å². The van der Waals surface area contributed by atoms with Crippen molar-refractivity contribution in [3.63, 3.8) is 0 Å². The van der Waals surface area contributed by atoms with E-state index in [-0.39, 0.29) is 49.8 Å². The number of phenols is 1. The normalized spacial score (nSPS) is 15.8. The van der Waals surface area contributed by atoms with E-state index in [0.717, 1.165) is 6.92 Å². The summed E-state index contributed by atoms with van der Waals surface area (Å²) in [4.78, 5) is 132. The lowest BCUT2D eigenvalue weighted by molar-refractivity contribution is -0.143.